The molecular formula is C37H40N6O4. The van der Waals surface area contributed by atoms with Gasteiger partial charge in [0.05, 0.1) is 26.7 Å². The van der Waals surface area contributed by atoms with Gasteiger partial charge in [-0.1, -0.05) is 72.8 Å². The number of carbonyl (C=O) groups excluding carboxylic acids is 3. The van der Waals surface area contributed by atoms with Crippen molar-refractivity contribution in [1.29, 1.82) is 0 Å². The van der Waals surface area contributed by atoms with Gasteiger partial charge in [0.1, 0.15) is 18.0 Å². The van der Waals surface area contributed by atoms with Crippen LogP contribution >= 0.6 is 0 Å². The highest BCUT2D eigenvalue weighted by Crippen LogP contribution is 2.31. The first-order valence-corrected chi connectivity index (χ1v) is 15.8. The summed E-state index contributed by atoms with van der Waals surface area (Å²) in [6.07, 6.45) is 1.46. The molecule has 0 saturated carbocycles. The molecule has 2 aliphatic rings. The van der Waals surface area contributed by atoms with Gasteiger partial charge in [-0.3, -0.25) is 14.6 Å². The van der Waals surface area contributed by atoms with Crippen LogP contribution in [0.4, 0.5) is 10.5 Å². The lowest BCUT2D eigenvalue weighted by molar-refractivity contribution is -0.157. The zero-order chi connectivity index (χ0) is 32.9. The molecule has 4 amide bonds. The van der Waals surface area contributed by atoms with Crippen molar-refractivity contribution in [2.75, 3.05) is 39.1 Å². The van der Waals surface area contributed by atoms with E-state index in [1.807, 2.05) is 84.7 Å². The largest absolute Gasteiger partial charge is 0.497 e. The Hall–Kier alpha value is -5.35. The van der Waals surface area contributed by atoms with Gasteiger partial charge in [-0.25, -0.2) is 4.79 Å². The number of hydrogen-bond acceptors (Lipinski definition) is 6. The van der Waals surface area contributed by atoms with E-state index >= 15 is 0 Å². The number of nitrogens with zero attached hydrogens (tertiary/aromatic N) is 4. The summed E-state index contributed by atoms with van der Waals surface area (Å²) in [6, 6.07) is 28.5. The summed E-state index contributed by atoms with van der Waals surface area (Å²) in [6.45, 7) is 4.98. The average molecular weight is 633 g/mol. The van der Waals surface area contributed by atoms with Crippen LogP contribution in [0.3, 0.4) is 0 Å². The molecule has 2 atom stereocenters. The number of piperazine rings is 1. The second kappa shape index (κ2) is 14.0. The van der Waals surface area contributed by atoms with Crippen LogP contribution in [-0.4, -0.2) is 83.7 Å². The number of hydrogen-bond donors (Lipinski definition) is 2. The van der Waals surface area contributed by atoms with Gasteiger partial charge >= 0.3 is 6.03 Å². The lowest BCUT2D eigenvalue weighted by Gasteiger charge is -2.46. The van der Waals surface area contributed by atoms with Gasteiger partial charge in [-0.2, -0.15) is 5.01 Å². The van der Waals surface area contributed by atoms with E-state index in [1.54, 1.807) is 23.1 Å². The number of methoxy groups -OCH3 is 1. The smallest absolute Gasteiger partial charge is 0.332 e. The summed E-state index contributed by atoms with van der Waals surface area (Å²) in [5.74, 6) is 0.430. The fraction of sp³-hybridized carbons (Fsp3) is 0.270. The molecule has 2 saturated heterocycles. The van der Waals surface area contributed by atoms with Gasteiger partial charge < -0.3 is 25.2 Å². The Labute approximate surface area is 275 Å². The summed E-state index contributed by atoms with van der Waals surface area (Å²) in [7, 11) is 3.46. The third-order valence-electron chi connectivity index (χ3n) is 8.93. The lowest BCUT2D eigenvalue weighted by atomic mass is 9.98. The Morgan fingerprint density at radius 2 is 1.70 bits per heavy atom. The number of carbonyl (C=O) groups is 3. The van der Waals surface area contributed by atoms with Crippen LogP contribution in [-0.2, 0) is 29.1 Å². The molecular weight excluding hydrogens is 592 g/mol. The number of benzene rings is 4. The predicted molar refractivity (Wildman–Crippen MR) is 182 cm³/mol. The Morgan fingerprint density at radius 3 is 2.43 bits per heavy atom. The summed E-state index contributed by atoms with van der Waals surface area (Å²) in [5, 5.41) is 11.6. The van der Waals surface area contributed by atoms with Crippen LogP contribution in [0.15, 0.2) is 104 Å². The minimum Gasteiger partial charge on any atom is -0.497 e. The lowest BCUT2D eigenvalue weighted by Crippen LogP contribution is -2.66. The van der Waals surface area contributed by atoms with Crippen molar-refractivity contribution in [2.24, 2.45) is 0 Å². The number of hydrazine groups is 1. The van der Waals surface area contributed by atoms with E-state index in [2.05, 4.69) is 35.4 Å². The fourth-order valence-electron chi connectivity index (χ4n) is 6.50. The molecule has 10 heteroatoms. The quantitative estimate of drug-likeness (QED) is 0.234. The highest BCUT2D eigenvalue weighted by molar-refractivity contribution is 5.92. The second-order valence-electron chi connectivity index (χ2n) is 11.8. The van der Waals surface area contributed by atoms with Gasteiger partial charge in [0.25, 0.3) is 0 Å². The Kier molecular flexibility index (Phi) is 9.40. The summed E-state index contributed by atoms with van der Waals surface area (Å²) >= 11 is 0. The van der Waals surface area contributed by atoms with Crippen molar-refractivity contribution in [3.05, 3.63) is 120 Å². The molecule has 0 spiro atoms. The molecule has 6 rings (SSSR count). The Balaban J connectivity index is 1.30. The third kappa shape index (κ3) is 6.64. The minimum atomic E-state index is -0.727. The van der Waals surface area contributed by atoms with E-state index in [-0.39, 0.29) is 37.5 Å². The molecule has 2 fully saturated rings. The van der Waals surface area contributed by atoms with Gasteiger partial charge in [-0.15, -0.1) is 6.58 Å². The third-order valence-corrected chi connectivity index (χ3v) is 8.93. The van der Waals surface area contributed by atoms with Crippen molar-refractivity contribution in [3.63, 3.8) is 0 Å². The maximum absolute atomic E-state index is 14.3. The molecule has 2 aliphatic heterocycles. The van der Waals surface area contributed by atoms with Crippen molar-refractivity contribution < 1.29 is 19.1 Å². The number of amides is 4. The molecule has 0 aliphatic carbocycles. The standard InChI is InChI=1S/C37H40N6O4/c1-4-20-41(37(46)39-22-27-14-18-31(47-3)19-15-27)42-25-35(44)43-33(21-26-12-16-30(38-2)17-13-26)36(45)40(24-34(42)43)23-29-10-7-9-28-8-5-6-11-32(28)29/h4-19,33-34,38H,1,20-25H2,2-3H3,(H,39,46)/t33-,34+/m0/s1. The number of ether oxygens (including phenoxy) is 1. The summed E-state index contributed by atoms with van der Waals surface area (Å²) in [5.41, 5.74) is 3.84. The van der Waals surface area contributed by atoms with Crippen molar-refractivity contribution in [3.8, 4) is 5.75 Å². The molecule has 4 aromatic carbocycles. The van der Waals surface area contributed by atoms with E-state index in [0.717, 1.165) is 38.9 Å². The van der Waals surface area contributed by atoms with E-state index in [0.29, 0.717) is 19.5 Å². The predicted octanol–water partition coefficient (Wildman–Crippen LogP) is 4.63. The van der Waals surface area contributed by atoms with Crippen molar-refractivity contribution >= 4 is 34.3 Å². The van der Waals surface area contributed by atoms with Crippen molar-refractivity contribution in [2.45, 2.75) is 31.7 Å². The van der Waals surface area contributed by atoms with Crippen LogP contribution in [0.1, 0.15) is 16.7 Å². The highest BCUT2D eigenvalue weighted by atomic mass is 16.5. The topological polar surface area (TPSA) is 97.5 Å². The highest BCUT2D eigenvalue weighted by Gasteiger charge is 2.52. The maximum Gasteiger partial charge on any atom is 0.332 e. The molecule has 2 N–H and O–H groups in total. The van der Waals surface area contributed by atoms with Crippen molar-refractivity contribution in [1.82, 2.24) is 25.1 Å². The zero-order valence-corrected chi connectivity index (χ0v) is 26.8. The normalized spacial score (nSPS) is 17.8. The number of fused-ring (bicyclic) bond motifs is 2. The molecule has 0 bridgehead atoms. The van der Waals surface area contributed by atoms with Gasteiger partial charge in [0.15, 0.2) is 0 Å². The van der Waals surface area contributed by atoms with Crippen LogP contribution < -0.4 is 15.4 Å². The summed E-state index contributed by atoms with van der Waals surface area (Å²) < 4.78 is 5.24. The van der Waals surface area contributed by atoms with Crippen LogP contribution in [0.2, 0.25) is 0 Å². The minimum absolute atomic E-state index is 0.0287. The molecule has 10 nitrogen and oxygen atoms in total. The van der Waals surface area contributed by atoms with E-state index < -0.39 is 12.2 Å². The van der Waals surface area contributed by atoms with Crippen LogP contribution in [0, 0.1) is 0 Å². The second-order valence-corrected chi connectivity index (χ2v) is 11.8. The van der Waals surface area contributed by atoms with Crippen LogP contribution in [0.25, 0.3) is 10.8 Å². The molecule has 0 aromatic heterocycles. The average Bonchev–Trinajstić information content (AvgIpc) is 3.43. The number of urea groups is 1. The molecule has 2 heterocycles. The van der Waals surface area contributed by atoms with Gasteiger partial charge in [-0.05, 0) is 51.7 Å². The number of nitrogens with one attached hydrogen (secondary N) is 2. The Morgan fingerprint density at radius 1 is 0.979 bits per heavy atom. The Bertz CT molecular complexity index is 1750. The van der Waals surface area contributed by atoms with Gasteiger partial charge in [0.2, 0.25) is 11.8 Å². The molecule has 47 heavy (non-hydrogen) atoms. The molecule has 0 unspecified atom stereocenters. The molecule has 0 radical (unpaired) electrons. The van der Waals surface area contributed by atoms with Gasteiger partial charge in [0, 0.05) is 32.2 Å². The first-order chi connectivity index (χ1) is 22.9. The maximum atomic E-state index is 14.3. The van der Waals surface area contributed by atoms with E-state index in [1.165, 1.54) is 5.01 Å². The SMILES string of the molecule is C=CCN(C(=O)NCc1ccc(OC)cc1)N1CC(=O)N2[C@@H](Cc3ccc(NC)cc3)C(=O)N(Cc3cccc4ccccc34)C[C@@H]21. The van der Waals surface area contributed by atoms with E-state index in [9.17, 15) is 14.4 Å². The fourth-order valence-corrected chi connectivity index (χ4v) is 6.50. The monoisotopic (exact) mass is 632 g/mol. The summed E-state index contributed by atoms with van der Waals surface area (Å²) in [4.78, 5) is 45.3. The molecule has 4 aromatic rings. The number of anilines is 1. The van der Waals surface area contributed by atoms with Crippen LogP contribution in [0.5, 0.6) is 5.75 Å². The first-order valence-electron chi connectivity index (χ1n) is 15.8. The molecule has 242 valence electrons. The first kappa shape index (κ1) is 31.6. The van der Waals surface area contributed by atoms with E-state index in [4.69, 9.17) is 4.74 Å². The number of rotatable bonds is 11. The zero-order valence-electron chi connectivity index (χ0n) is 26.8.